The van der Waals surface area contributed by atoms with Crippen LogP contribution in [-0.4, -0.2) is 18.5 Å². The van der Waals surface area contributed by atoms with Crippen LogP contribution in [0.25, 0.3) is 0 Å². The first kappa shape index (κ1) is 14.3. The van der Waals surface area contributed by atoms with Crippen molar-refractivity contribution in [3.05, 3.63) is 29.6 Å². The topological polar surface area (TPSA) is 21.3 Å². The molecule has 0 heterocycles. The van der Waals surface area contributed by atoms with E-state index in [4.69, 9.17) is 16.3 Å². The molecule has 1 rings (SSSR count). The molecule has 1 unspecified atom stereocenters. The first-order valence-corrected chi connectivity index (χ1v) is 6.22. The maximum atomic E-state index is 13.9. The highest BCUT2D eigenvalue weighted by molar-refractivity contribution is 6.18. The number of nitrogens with one attached hydrogen (secondary N) is 1. The Bertz CT molecular complexity index is 366. The lowest BCUT2D eigenvalue weighted by Gasteiger charge is -2.27. The molecule has 1 aromatic rings. The van der Waals surface area contributed by atoms with E-state index < -0.39 is 0 Å². The monoisotopic (exact) mass is 259 g/mol. The van der Waals surface area contributed by atoms with Gasteiger partial charge in [-0.25, -0.2) is 4.39 Å². The summed E-state index contributed by atoms with van der Waals surface area (Å²) in [5.41, 5.74) is 0.422. The Labute approximate surface area is 107 Å². The van der Waals surface area contributed by atoms with Gasteiger partial charge in [-0.1, -0.05) is 19.1 Å². The minimum absolute atomic E-state index is 0.170. The molecule has 0 radical (unpaired) electrons. The number of hydrogen-bond acceptors (Lipinski definition) is 2. The zero-order valence-corrected chi connectivity index (χ0v) is 11.3. The Hall–Kier alpha value is -0.800. The van der Waals surface area contributed by atoms with Crippen molar-refractivity contribution in [1.29, 1.82) is 0 Å². The summed E-state index contributed by atoms with van der Waals surface area (Å²) in [6, 6.07) is 5.14. The minimum Gasteiger partial charge on any atom is -0.494 e. The summed E-state index contributed by atoms with van der Waals surface area (Å²) in [6.45, 7) is 4.52. The molecule has 2 nitrogen and oxygen atoms in total. The number of ether oxygens (including phenoxy) is 1. The van der Waals surface area contributed by atoms with Crippen LogP contribution in [0.4, 0.5) is 4.39 Å². The molecule has 0 amide bonds. The van der Waals surface area contributed by atoms with Gasteiger partial charge in [0.05, 0.1) is 7.11 Å². The van der Waals surface area contributed by atoms with Crippen molar-refractivity contribution in [2.45, 2.75) is 32.4 Å². The lowest BCUT2D eigenvalue weighted by Crippen LogP contribution is -2.43. The van der Waals surface area contributed by atoms with Crippen molar-refractivity contribution in [3.63, 3.8) is 0 Å². The van der Waals surface area contributed by atoms with Crippen molar-refractivity contribution < 1.29 is 9.13 Å². The van der Waals surface area contributed by atoms with Crippen LogP contribution >= 0.6 is 11.6 Å². The van der Waals surface area contributed by atoms with Crippen molar-refractivity contribution in [2.75, 3.05) is 13.0 Å². The highest BCUT2D eigenvalue weighted by Gasteiger charge is 2.20. The van der Waals surface area contributed by atoms with Gasteiger partial charge in [-0.15, -0.1) is 11.6 Å². The molecule has 96 valence electrons. The van der Waals surface area contributed by atoms with E-state index in [-0.39, 0.29) is 17.1 Å². The number of alkyl halides is 1. The second-order valence-corrected chi connectivity index (χ2v) is 4.60. The molecule has 0 saturated heterocycles. The first-order valence-electron chi connectivity index (χ1n) is 5.68. The van der Waals surface area contributed by atoms with Crippen LogP contribution in [0.5, 0.6) is 5.75 Å². The molecule has 1 aromatic carbocycles. The Balaban J connectivity index is 2.76. The van der Waals surface area contributed by atoms with E-state index in [1.165, 1.54) is 7.11 Å². The summed E-state index contributed by atoms with van der Waals surface area (Å²) >= 11 is 5.89. The predicted octanol–water partition coefficient (Wildman–Crippen LogP) is 3.33. The Morgan fingerprint density at radius 1 is 1.47 bits per heavy atom. The lowest BCUT2D eigenvalue weighted by molar-refractivity contribution is 0.364. The van der Waals surface area contributed by atoms with E-state index >= 15 is 0 Å². The fourth-order valence-corrected chi connectivity index (χ4v) is 1.71. The first-order chi connectivity index (χ1) is 8.06. The van der Waals surface area contributed by atoms with Gasteiger partial charge in [-0.05, 0) is 19.4 Å². The van der Waals surface area contributed by atoms with E-state index in [1.54, 1.807) is 18.2 Å². The molecular weight excluding hydrogens is 241 g/mol. The number of halogens is 2. The van der Waals surface area contributed by atoms with Gasteiger partial charge in [-0.2, -0.15) is 0 Å². The summed E-state index contributed by atoms with van der Waals surface area (Å²) in [5, 5.41) is 3.28. The van der Waals surface area contributed by atoms with E-state index in [2.05, 4.69) is 12.2 Å². The van der Waals surface area contributed by atoms with Crippen LogP contribution in [0.15, 0.2) is 18.2 Å². The molecule has 0 bridgehead atoms. The highest BCUT2D eigenvalue weighted by atomic mass is 35.5. The maximum absolute atomic E-state index is 13.9. The molecule has 1 atom stereocenters. The molecule has 0 spiro atoms. The largest absolute Gasteiger partial charge is 0.494 e. The van der Waals surface area contributed by atoms with Crippen LogP contribution in [0.2, 0.25) is 0 Å². The summed E-state index contributed by atoms with van der Waals surface area (Å²) in [6.07, 6.45) is 0.891. The van der Waals surface area contributed by atoms with Crippen LogP contribution in [0.3, 0.4) is 0 Å². The highest BCUT2D eigenvalue weighted by Crippen LogP contribution is 2.21. The summed E-state index contributed by atoms with van der Waals surface area (Å²) in [7, 11) is 1.46. The van der Waals surface area contributed by atoms with Gasteiger partial charge >= 0.3 is 0 Å². The molecule has 17 heavy (non-hydrogen) atoms. The molecule has 1 N–H and O–H groups in total. The Morgan fingerprint density at radius 3 is 2.71 bits per heavy atom. The van der Waals surface area contributed by atoms with Gasteiger partial charge in [0, 0.05) is 23.5 Å². The second-order valence-electron chi connectivity index (χ2n) is 4.33. The second kappa shape index (κ2) is 6.22. The summed E-state index contributed by atoms with van der Waals surface area (Å²) in [5.74, 6) is 0.457. The average molecular weight is 260 g/mol. The zero-order valence-electron chi connectivity index (χ0n) is 10.5. The lowest BCUT2D eigenvalue weighted by atomic mass is 10.0. The Morgan fingerprint density at radius 2 is 2.18 bits per heavy atom. The number of methoxy groups -OCH3 is 1. The zero-order chi connectivity index (χ0) is 12.9. The van der Waals surface area contributed by atoms with Crippen molar-refractivity contribution in [1.82, 2.24) is 5.32 Å². The van der Waals surface area contributed by atoms with E-state index in [0.717, 1.165) is 6.42 Å². The predicted molar refractivity (Wildman–Crippen MR) is 69.2 cm³/mol. The van der Waals surface area contributed by atoms with Gasteiger partial charge in [-0.3, -0.25) is 0 Å². The van der Waals surface area contributed by atoms with Crippen LogP contribution in [0.1, 0.15) is 25.8 Å². The smallest absolute Gasteiger partial charge is 0.169 e. The molecule has 0 aliphatic heterocycles. The molecule has 0 aliphatic carbocycles. The SMILES string of the molecule is CCC(C)(CCl)NCc1cccc(OC)c1F. The molecule has 0 aromatic heterocycles. The van der Waals surface area contributed by atoms with Gasteiger partial charge < -0.3 is 10.1 Å². The average Bonchev–Trinajstić information content (AvgIpc) is 2.37. The fraction of sp³-hybridized carbons (Fsp3) is 0.538. The van der Waals surface area contributed by atoms with E-state index in [9.17, 15) is 4.39 Å². The third kappa shape index (κ3) is 3.58. The molecule has 4 heteroatoms. The fourth-order valence-electron chi connectivity index (χ4n) is 1.43. The van der Waals surface area contributed by atoms with E-state index in [0.29, 0.717) is 18.0 Å². The standard InChI is InChI=1S/C13H19ClFNO/c1-4-13(2,9-14)16-8-10-6-5-7-11(17-3)12(10)15/h5-7,16H,4,8-9H2,1-3H3. The third-order valence-electron chi connectivity index (χ3n) is 3.04. The normalized spacial score (nSPS) is 14.4. The van der Waals surface area contributed by atoms with Gasteiger partial charge in [0.15, 0.2) is 11.6 Å². The molecule has 0 fully saturated rings. The molecule has 0 aliphatic rings. The maximum Gasteiger partial charge on any atom is 0.169 e. The minimum atomic E-state index is -0.310. The third-order valence-corrected chi connectivity index (χ3v) is 3.63. The van der Waals surface area contributed by atoms with Gasteiger partial charge in [0.2, 0.25) is 0 Å². The molecule has 0 saturated carbocycles. The quantitative estimate of drug-likeness (QED) is 0.792. The number of hydrogen-bond donors (Lipinski definition) is 1. The van der Waals surface area contributed by atoms with Crippen molar-refractivity contribution >= 4 is 11.6 Å². The van der Waals surface area contributed by atoms with Gasteiger partial charge in [0.25, 0.3) is 0 Å². The number of rotatable bonds is 6. The Kier molecular flexibility index (Phi) is 5.22. The number of benzene rings is 1. The van der Waals surface area contributed by atoms with E-state index in [1.807, 2.05) is 6.92 Å². The van der Waals surface area contributed by atoms with Crippen LogP contribution in [0, 0.1) is 5.82 Å². The van der Waals surface area contributed by atoms with Crippen molar-refractivity contribution in [3.8, 4) is 5.75 Å². The summed E-state index contributed by atoms with van der Waals surface area (Å²) in [4.78, 5) is 0. The van der Waals surface area contributed by atoms with Crippen LogP contribution in [-0.2, 0) is 6.54 Å². The van der Waals surface area contributed by atoms with Crippen LogP contribution < -0.4 is 10.1 Å². The molecular formula is C13H19ClFNO. The van der Waals surface area contributed by atoms with Crippen molar-refractivity contribution in [2.24, 2.45) is 0 Å². The van der Waals surface area contributed by atoms with Gasteiger partial charge in [0.1, 0.15) is 0 Å². The summed E-state index contributed by atoms with van der Waals surface area (Å²) < 4.78 is 18.8.